The monoisotopic (exact) mass is 247 g/mol. The van der Waals surface area contributed by atoms with Crippen molar-refractivity contribution in [1.29, 1.82) is 0 Å². The van der Waals surface area contributed by atoms with Gasteiger partial charge in [0.2, 0.25) is 0 Å². The number of hydrogen-bond donors (Lipinski definition) is 0. The molecule has 0 atom stereocenters. The Balaban J connectivity index is 0.000000371. The number of fused-ring (bicyclic) bond motifs is 2. The van der Waals surface area contributed by atoms with Gasteiger partial charge in [0.1, 0.15) is 0 Å². The number of hydrogen-bond acceptors (Lipinski definition) is 2. The molecule has 100 valence electrons. The molecule has 2 nitrogen and oxygen atoms in total. The molecule has 0 radical (unpaired) electrons. The topological polar surface area (TPSA) is 30.0 Å². The van der Waals surface area contributed by atoms with Crippen molar-refractivity contribution >= 4 is 5.78 Å². The lowest BCUT2D eigenvalue weighted by Crippen LogP contribution is -2.04. The van der Waals surface area contributed by atoms with Crippen LogP contribution < -0.4 is 0 Å². The van der Waals surface area contributed by atoms with Crippen LogP contribution in [0.2, 0.25) is 0 Å². The number of ketones is 1. The Bertz CT molecular complexity index is 445. The Labute approximate surface area is 111 Å². The summed E-state index contributed by atoms with van der Waals surface area (Å²) in [7, 11) is 0. The van der Waals surface area contributed by atoms with Crippen LogP contribution in [0.15, 0.2) is 6.20 Å². The molecule has 1 saturated carbocycles. The highest BCUT2D eigenvalue weighted by Gasteiger charge is 2.53. The van der Waals surface area contributed by atoms with Crippen LogP contribution in [0.3, 0.4) is 0 Å². The molecule has 0 unspecified atom stereocenters. The first-order valence-electron chi connectivity index (χ1n) is 7.14. The summed E-state index contributed by atoms with van der Waals surface area (Å²) in [5.74, 6) is 0.334. The van der Waals surface area contributed by atoms with E-state index < -0.39 is 0 Å². The van der Waals surface area contributed by atoms with Crippen LogP contribution in [-0.2, 0) is 5.41 Å². The van der Waals surface area contributed by atoms with Crippen molar-refractivity contribution in [3.8, 4) is 0 Å². The summed E-state index contributed by atoms with van der Waals surface area (Å²) in [6.07, 6.45) is 4.92. The van der Waals surface area contributed by atoms with E-state index >= 15 is 0 Å². The minimum Gasteiger partial charge on any atom is -0.294 e. The molecule has 3 rings (SSSR count). The maximum absolute atomic E-state index is 11.9. The minimum absolute atomic E-state index is 0.218. The van der Waals surface area contributed by atoms with Gasteiger partial charge in [-0.25, -0.2) is 0 Å². The molecule has 0 amide bonds. The van der Waals surface area contributed by atoms with Gasteiger partial charge in [0.05, 0.1) is 0 Å². The molecule has 2 aliphatic carbocycles. The van der Waals surface area contributed by atoms with Crippen molar-refractivity contribution in [2.24, 2.45) is 0 Å². The third-order valence-corrected chi connectivity index (χ3v) is 3.62. The van der Waals surface area contributed by atoms with Gasteiger partial charge in [0.25, 0.3) is 0 Å². The first-order valence-corrected chi connectivity index (χ1v) is 7.14. The largest absolute Gasteiger partial charge is 0.294 e. The van der Waals surface area contributed by atoms with E-state index in [0.29, 0.717) is 5.78 Å². The van der Waals surface area contributed by atoms with Crippen LogP contribution in [-0.4, -0.2) is 10.8 Å². The summed E-state index contributed by atoms with van der Waals surface area (Å²) in [5.41, 5.74) is 4.58. The lowest BCUT2D eigenvalue weighted by molar-refractivity contribution is 0.0986. The SMILES string of the molecule is CC.CC.Cc1cnc(C)c2c1C(=O)CC21CC1. The maximum Gasteiger partial charge on any atom is 0.164 e. The van der Waals surface area contributed by atoms with E-state index in [4.69, 9.17) is 0 Å². The maximum atomic E-state index is 11.9. The van der Waals surface area contributed by atoms with Crippen molar-refractivity contribution in [3.63, 3.8) is 0 Å². The highest BCUT2D eigenvalue weighted by atomic mass is 16.1. The van der Waals surface area contributed by atoms with Crippen molar-refractivity contribution in [2.45, 2.75) is 66.2 Å². The molecule has 1 aromatic rings. The molecular weight excluding hydrogens is 222 g/mol. The van der Waals surface area contributed by atoms with Crippen LogP contribution in [0.1, 0.15) is 74.1 Å². The molecule has 1 fully saturated rings. The molecule has 18 heavy (non-hydrogen) atoms. The number of carbonyl (C=O) groups is 1. The predicted molar refractivity (Wildman–Crippen MR) is 76.3 cm³/mol. The number of aromatic nitrogens is 1. The first kappa shape index (κ1) is 14.9. The Morgan fingerprint density at radius 1 is 1.11 bits per heavy atom. The van der Waals surface area contributed by atoms with E-state index in [1.165, 1.54) is 18.4 Å². The number of pyridine rings is 1. The van der Waals surface area contributed by atoms with Gasteiger partial charge in [0, 0.05) is 29.3 Å². The van der Waals surface area contributed by atoms with Gasteiger partial charge >= 0.3 is 0 Å². The highest BCUT2D eigenvalue weighted by Crippen LogP contribution is 2.57. The molecule has 2 heteroatoms. The molecule has 1 heterocycles. The van der Waals surface area contributed by atoms with E-state index in [1.54, 1.807) is 0 Å². The van der Waals surface area contributed by atoms with E-state index in [9.17, 15) is 4.79 Å². The zero-order valence-electron chi connectivity index (χ0n) is 12.6. The first-order chi connectivity index (χ1) is 8.64. The third kappa shape index (κ3) is 2.21. The average Bonchev–Trinajstić information content (AvgIpc) is 3.09. The number of aryl methyl sites for hydroxylation is 2. The van der Waals surface area contributed by atoms with Gasteiger partial charge in [-0.3, -0.25) is 9.78 Å². The summed E-state index contributed by atoms with van der Waals surface area (Å²) in [4.78, 5) is 16.2. The zero-order chi connectivity index (χ0) is 13.9. The molecule has 0 bridgehead atoms. The summed E-state index contributed by atoms with van der Waals surface area (Å²) >= 11 is 0. The van der Waals surface area contributed by atoms with E-state index in [0.717, 1.165) is 23.2 Å². The summed E-state index contributed by atoms with van der Waals surface area (Å²) < 4.78 is 0. The highest BCUT2D eigenvalue weighted by molar-refractivity contribution is 6.04. The second kappa shape index (κ2) is 5.64. The van der Waals surface area contributed by atoms with Gasteiger partial charge < -0.3 is 0 Å². The lowest BCUT2D eigenvalue weighted by atomic mass is 9.96. The van der Waals surface area contributed by atoms with Gasteiger partial charge in [0.15, 0.2) is 5.78 Å². The predicted octanol–water partition coefficient (Wildman–Crippen LogP) is 4.37. The quantitative estimate of drug-likeness (QED) is 0.681. The van der Waals surface area contributed by atoms with Crippen LogP contribution in [0.4, 0.5) is 0 Å². The Hall–Kier alpha value is -1.18. The van der Waals surface area contributed by atoms with E-state index in [1.807, 2.05) is 47.7 Å². The number of rotatable bonds is 0. The zero-order valence-corrected chi connectivity index (χ0v) is 12.6. The fraction of sp³-hybridized carbons (Fsp3) is 0.625. The molecule has 1 aromatic heterocycles. The van der Waals surface area contributed by atoms with Crippen molar-refractivity contribution in [2.75, 3.05) is 0 Å². The molecule has 0 aromatic carbocycles. The molecule has 0 aliphatic heterocycles. The fourth-order valence-electron chi connectivity index (χ4n) is 2.77. The Morgan fingerprint density at radius 2 is 1.67 bits per heavy atom. The normalized spacial score (nSPS) is 17.3. The minimum atomic E-state index is 0.218. The second-order valence-electron chi connectivity index (χ2n) is 4.66. The van der Waals surface area contributed by atoms with Crippen LogP contribution >= 0.6 is 0 Å². The van der Waals surface area contributed by atoms with E-state index in [-0.39, 0.29) is 5.41 Å². The second-order valence-corrected chi connectivity index (χ2v) is 4.66. The molecule has 0 N–H and O–H groups in total. The van der Waals surface area contributed by atoms with Gasteiger partial charge in [-0.2, -0.15) is 0 Å². The van der Waals surface area contributed by atoms with Crippen molar-refractivity contribution in [1.82, 2.24) is 4.98 Å². The summed E-state index contributed by atoms with van der Waals surface area (Å²) in [6.45, 7) is 12.0. The fourth-order valence-corrected chi connectivity index (χ4v) is 2.77. The number of carbonyl (C=O) groups excluding carboxylic acids is 1. The Kier molecular flexibility index (Phi) is 4.66. The third-order valence-electron chi connectivity index (χ3n) is 3.62. The molecule has 2 aliphatic rings. The van der Waals surface area contributed by atoms with Gasteiger partial charge in [-0.1, -0.05) is 27.7 Å². The van der Waals surface area contributed by atoms with Gasteiger partial charge in [-0.15, -0.1) is 0 Å². The number of nitrogens with zero attached hydrogens (tertiary/aromatic N) is 1. The van der Waals surface area contributed by atoms with Crippen LogP contribution in [0, 0.1) is 13.8 Å². The standard InChI is InChI=1S/C12H13NO.2C2H6/c1-7-6-13-8(2)11-10(7)9(14)5-12(11)3-4-12;2*1-2/h6H,3-5H2,1-2H3;2*1-2H3. The van der Waals surface area contributed by atoms with E-state index in [2.05, 4.69) is 4.98 Å². The summed E-state index contributed by atoms with van der Waals surface area (Å²) in [5, 5.41) is 0. The smallest absolute Gasteiger partial charge is 0.164 e. The van der Waals surface area contributed by atoms with Crippen molar-refractivity contribution < 1.29 is 4.79 Å². The number of Topliss-reactive ketones (excluding diaryl/α,β-unsaturated/α-hetero) is 1. The lowest BCUT2D eigenvalue weighted by Gasteiger charge is -2.10. The Morgan fingerprint density at radius 3 is 2.17 bits per heavy atom. The molecule has 1 spiro atoms. The average molecular weight is 247 g/mol. The van der Waals surface area contributed by atoms with Crippen LogP contribution in [0.5, 0.6) is 0 Å². The molecule has 0 saturated heterocycles. The van der Waals surface area contributed by atoms with Crippen molar-refractivity contribution in [3.05, 3.63) is 28.6 Å². The molecular formula is C16H25NO. The van der Waals surface area contributed by atoms with Crippen LogP contribution in [0.25, 0.3) is 0 Å². The summed E-state index contributed by atoms with van der Waals surface area (Å²) in [6, 6.07) is 0. The van der Waals surface area contributed by atoms with Gasteiger partial charge in [-0.05, 0) is 37.8 Å².